The lowest BCUT2D eigenvalue weighted by molar-refractivity contribution is 0.189. The molecule has 0 bridgehead atoms. The number of rotatable bonds is 5. The number of hydrogen-bond donors (Lipinski definition) is 1. The van der Waals surface area contributed by atoms with Gasteiger partial charge in [0.15, 0.2) is 0 Å². The highest BCUT2D eigenvalue weighted by molar-refractivity contribution is 5.96. The third-order valence-electron chi connectivity index (χ3n) is 6.21. The van der Waals surface area contributed by atoms with Gasteiger partial charge in [-0.25, -0.2) is 0 Å². The Morgan fingerprint density at radius 2 is 1.44 bits per heavy atom. The van der Waals surface area contributed by atoms with E-state index in [9.17, 15) is 0 Å². The van der Waals surface area contributed by atoms with Crippen LogP contribution in [0.4, 0.5) is 11.4 Å². The van der Waals surface area contributed by atoms with E-state index in [1.807, 2.05) is 6.07 Å². The summed E-state index contributed by atoms with van der Waals surface area (Å²) in [6, 6.07) is 23.8. The minimum atomic E-state index is 0.0822. The standard InChI is InChI=1S/C24H29N/c1-6-23(2,3)24(4,5)19-16-18-12-10-11-15-21(18)22(17-19)25-20-13-8-7-9-14-20/h7-17,25H,6H2,1-5H3. The number of anilines is 2. The topological polar surface area (TPSA) is 12.0 Å². The summed E-state index contributed by atoms with van der Waals surface area (Å²) in [5.41, 5.74) is 3.99. The van der Waals surface area contributed by atoms with Crippen LogP contribution in [0.25, 0.3) is 10.8 Å². The Morgan fingerprint density at radius 1 is 0.800 bits per heavy atom. The zero-order valence-corrected chi connectivity index (χ0v) is 16.1. The van der Waals surface area contributed by atoms with Gasteiger partial charge in [0.05, 0.1) is 0 Å². The Morgan fingerprint density at radius 3 is 2.12 bits per heavy atom. The zero-order valence-electron chi connectivity index (χ0n) is 16.1. The molecule has 25 heavy (non-hydrogen) atoms. The van der Waals surface area contributed by atoms with Gasteiger partial charge in [0, 0.05) is 16.8 Å². The second-order valence-electron chi connectivity index (χ2n) is 8.10. The first-order valence-corrected chi connectivity index (χ1v) is 9.20. The lowest BCUT2D eigenvalue weighted by atomic mass is 9.62. The molecular weight excluding hydrogens is 302 g/mol. The lowest BCUT2D eigenvalue weighted by Gasteiger charge is -2.42. The van der Waals surface area contributed by atoms with Crippen molar-refractivity contribution in [3.63, 3.8) is 0 Å². The van der Waals surface area contributed by atoms with E-state index in [0.29, 0.717) is 0 Å². The lowest BCUT2D eigenvalue weighted by Crippen LogP contribution is -2.36. The highest BCUT2D eigenvalue weighted by Gasteiger charge is 2.37. The molecular formula is C24H29N. The molecule has 0 saturated heterocycles. The van der Waals surface area contributed by atoms with Gasteiger partial charge in [-0.1, -0.05) is 89.6 Å². The number of nitrogens with one attached hydrogen (secondary N) is 1. The molecule has 0 unspecified atom stereocenters. The van der Waals surface area contributed by atoms with Gasteiger partial charge < -0.3 is 5.32 Å². The van der Waals surface area contributed by atoms with Crippen molar-refractivity contribution >= 4 is 22.1 Å². The molecule has 130 valence electrons. The third-order valence-corrected chi connectivity index (χ3v) is 6.21. The molecule has 0 aromatic heterocycles. The fourth-order valence-corrected chi connectivity index (χ4v) is 3.28. The molecule has 0 saturated carbocycles. The summed E-state index contributed by atoms with van der Waals surface area (Å²) >= 11 is 0. The second-order valence-corrected chi connectivity index (χ2v) is 8.10. The van der Waals surface area contributed by atoms with E-state index >= 15 is 0 Å². The van der Waals surface area contributed by atoms with Crippen LogP contribution in [-0.2, 0) is 5.41 Å². The van der Waals surface area contributed by atoms with Crippen LogP contribution in [0.1, 0.15) is 46.6 Å². The highest BCUT2D eigenvalue weighted by Crippen LogP contribution is 2.45. The molecule has 0 heterocycles. The van der Waals surface area contributed by atoms with Crippen LogP contribution in [-0.4, -0.2) is 0 Å². The van der Waals surface area contributed by atoms with Crippen LogP contribution in [0.5, 0.6) is 0 Å². The van der Waals surface area contributed by atoms with Crippen LogP contribution < -0.4 is 5.32 Å². The van der Waals surface area contributed by atoms with Crippen LogP contribution in [0.2, 0.25) is 0 Å². The maximum Gasteiger partial charge on any atom is 0.0466 e. The van der Waals surface area contributed by atoms with Crippen molar-refractivity contribution in [1.82, 2.24) is 0 Å². The predicted molar refractivity (Wildman–Crippen MR) is 111 cm³/mol. The van der Waals surface area contributed by atoms with Crippen molar-refractivity contribution in [1.29, 1.82) is 0 Å². The number of benzene rings is 3. The van der Waals surface area contributed by atoms with Crippen molar-refractivity contribution in [2.24, 2.45) is 5.41 Å². The van der Waals surface area contributed by atoms with E-state index in [2.05, 4.69) is 101 Å². The van der Waals surface area contributed by atoms with Crippen LogP contribution >= 0.6 is 0 Å². The molecule has 0 amide bonds. The molecule has 0 fully saturated rings. The summed E-state index contributed by atoms with van der Waals surface area (Å²) in [5.74, 6) is 0. The minimum absolute atomic E-state index is 0.0822. The van der Waals surface area contributed by atoms with Gasteiger partial charge in [0.2, 0.25) is 0 Å². The maximum absolute atomic E-state index is 3.63. The SMILES string of the molecule is CCC(C)(C)C(C)(C)c1cc(Nc2ccccc2)c2ccccc2c1. The molecule has 0 radical (unpaired) electrons. The van der Waals surface area contributed by atoms with Gasteiger partial charge in [-0.2, -0.15) is 0 Å². The first-order valence-electron chi connectivity index (χ1n) is 9.20. The average Bonchev–Trinajstić information content (AvgIpc) is 2.62. The molecule has 0 aliphatic carbocycles. The van der Waals surface area contributed by atoms with Gasteiger partial charge in [-0.05, 0) is 40.0 Å². The fraction of sp³-hybridized carbons (Fsp3) is 0.333. The molecule has 0 aliphatic heterocycles. The summed E-state index contributed by atoms with van der Waals surface area (Å²) < 4.78 is 0. The van der Waals surface area contributed by atoms with Gasteiger partial charge in [-0.15, -0.1) is 0 Å². The van der Waals surface area contributed by atoms with Crippen molar-refractivity contribution in [2.45, 2.75) is 46.5 Å². The average molecular weight is 332 g/mol. The smallest absolute Gasteiger partial charge is 0.0466 e. The van der Waals surface area contributed by atoms with E-state index in [4.69, 9.17) is 0 Å². The van der Waals surface area contributed by atoms with Gasteiger partial charge >= 0.3 is 0 Å². The minimum Gasteiger partial charge on any atom is -0.355 e. The normalized spacial score (nSPS) is 12.4. The van der Waals surface area contributed by atoms with E-state index < -0.39 is 0 Å². The van der Waals surface area contributed by atoms with Gasteiger partial charge in [0.1, 0.15) is 0 Å². The number of hydrogen-bond acceptors (Lipinski definition) is 1. The van der Waals surface area contributed by atoms with Crippen molar-refractivity contribution < 1.29 is 0 Å². The predicted octanol–water partition coefficient (Wildman–Crippen LogP) is 7.30. The van der Waals surface area contributed by atoms with Crippen LogP contribution in [0.3, 0.4) is 0 Å². The summed E-state index contributed by atoms with van der Waals surface area (Å²) in [6.45, 7) is 11.8. The quantitative estimate of drug-likeness (QED) is 0.517. The molecule has 0 atom stereocenters. The molecule has 1 heteroatoms. The molecule has 1 nitrogen and oxygen atoms in total. The second kappa shape index (κ2) is 6.55. The van der Waals surface area contributed by atoms with Crippen molar-refractivity contribution in [2.75, 3.05) is 5.32 Å². The monoisotopic (exact) mass is 331 g/mol. The fourth-order valence-electron chi connectivity index (χ4n) is 3.28. The highest BCUT2D eigenvalue weighted by atomic mass is 14.9. The largest absolute Gasteiger partial charge is 0.355 e. The van der Waals surface area contributed by atoms with E-state index in [1.165, 1.54) is 22.0 Å². The molecule has 1 N–H and O–H groups in total. The number of para-hydroxylation sites is 1. The Bertz CT molecular complexity index is 860. The Labute approximate surface area is 152 Å². The van der Waals surface area contributed by atoms with Crippen LogP contribution in [0, 0.1) is 5.41 Å². The summed E-state index contributed by atoms with van der Waals surface area (Å²) in [4.78, 5) is 0. The summed E-state index contributed by atoms with van der Waals surface area (Å²) in [7, 11) is 0. The van der Waals surface area contributed by atoms with Crippen molar-refractivity contribution in [3.8, 4) is 0 Å². The molecule has 0 spiro atoms. The summed E-state index contributed by atoms with van der Waals surface area (Å²) in [5, 5.41) is 6.18. The maximum atomic E-state index is 3.63. The number of fused-ring (bicyclic) bond motifs is 1. The van der Waals surface area contributed by atoms with Gasteiger partial charge in [-0.3, -0.25) is 0 Å². The van der Waals surface area contributed by atoms with E-state index in [0.717, 1.165) is 12.1 Å². The van der Waals surface area contributed by atoms with Gasteiger partial charge in [0.25, 0.3) is 0 Å². The van der Waals surface area contributed by atoms with Crippen molar-refractivity contribution in [3.05, 3.63) is 72.3 Å². The zero-order chi connectivity index (χ0) is 18.1. The first-order chi connectivity index (χ1) is 11.8. The van der Waals surface area contributed by atoms with E-state index in [1.54, 1.807) is 0 Å². The third kappa shape index (κ3) is 3.28. The molecule has 0 aliphatic rings. The Hall–Kier alpha value is -2.28. The van der Waals surface area contributed by atoms with E-state index in [-0.39, 0.29) is 10.8 Å². The molecule has 3 aromatic rings. The Kier molecular flexibility index (Phi) is 4.60. The van der Waals surface area contributed by atoms with Crippen LogP contribution in [0.15, 0.2) is 66.7 Å². The first kappa shape index (κ1) is 17.5. The molecule has 3 aromatic carbocycles. The molecule has 3 rings (SSSR count). The summed E-state index contributed by atoms with van der Waals surface area (Å²) in [6.07, 6.45) is 1.15. The Balaban J connectivity index is 2.16.